The molecular formula is C65H49N5. The molecule has 0 bridgehead atoms. The van der Waals surface area contributed by atoms with Crippen LogP contribution in [-0.2, 0) is 5.41 Å². The molecule has 0 amide bonds. The van der Waals surface area contributed by atoms with Crippen molar-refractivity contribution in [2.24, 2.45) is 0 Å². The van der Waals surface area contributed by atoms with Crippen LogP contribution >= 0.6 is 0 Å². The predicted octanol–water partition coefficient (Wildman–Crippen LogP) is 17.7. The van der Waals surface area contributed by atoms with E-state index in [0.717, 1.165) is 78.9 Å². The van der Waals surface area contributed by atoms with E-state index in [2.05, 4.69) is 277 Å². The zero-order chi connectivity index (χ0) is 47.0. The molecule has 0 saturated carbocycles. The molecule has 0 fully saturated rings. The van der Waals surface area contributed by atoms with Crippen molar-refractivity contribution in [3.05, 3.63) is 272 Å². The SMILES string of the molecule is CC1(C)c2cc(N(c3ccccc3)c3ccccc3)ccc2-c2c(N(c3ccccc3)c3ccccc3)cc(N(c3ccccc3)c3ccc(-c4nc(-c5ccccc5)c5ccccc5n4)cc3)cc21. The third-order valence-electron chi connectivity index (χ3n) is 13.6. The smallest absolute Gasteiger partial charge is 0.160 e. The highest BCUT2D eigenvalue weighted by Crippen LogP contribution is 2.57. The summed E-state index contributed by atoms with van der Waals surface area (Å²) >= 11 is 0. The highest BCUT2D eigenvalue weighted by molar-refractivity contribution is 5.99. The maximum absolute atomic E-state index is 5.21. The summed E-state index contributed by atoms with van der Waals surface area (Å²) in [5.41, 5.74) is 18.1. The predicted molar refractivity (Wildman–Crippen MR) is 292 cm³/mol. The van der Waals surface area contributed by atoms with Gasteiger partial charge in [0, 0.05) is 73.0 Å². The van der Waals surface area contributed by atoms with Crippen LogP contribution in [0.1, 0.15) is 25.0 Å². The van der Waals surface area contributed by atoms with Crippen LogP contribution in [0.5, 0.6) is 0 Å². The Morgan fingerprint density at radius 2 is 0.757 bits per heavy atom. The molecule has 0 N–H and O–H groups in total. The molecule has 1 heterocycles. The molecule has 0 aliphatic heterocycles. The minimum absolute atomic E-state index is 0.389. The van der Waals surface area contributed by atoms with Crippen LogP contribution in [0.15, 0.2) is 261 Å². The number of aromatic nitrogens is 2. The fraction of sp³-hybridized carbons (Fsp3) is 0.0462. The van der Waals surface area contributed by atoms with Gasteiger partial charge in [0.2, 0.25) is 0 Å². The molecular weight excluding hydrogens is 851 g/mol. The van der Waals surface area contributed by atoms with E-state index < -0.39 is 0 Å². The van der Waals surface area contributed by atoms with Gasteiger partial charge in [-0.2, -0.15) is 0 Å². The second-order valence-corrected chi connectivity index (χ2v) is 18.3. The van der Waals surface area contributed by atoms with Gasteiger partial charge in [-0.05, 0) is 132 Å². The first-order valence-electron chi connectivity index (χ1n) is 23.9. The van der Waals surface area contributed by atoms with E-state index >= 15 is 0 Å². The second kappa shape index (κ2) is 17.9. The Labute approximate surface area is 409 Å². The largest absolute Gasteiger partial charge is 0.310 e. The normalized spacial score (nSPS) is 12.3. The van der Waals surface area contributed by atoms with Crippen molar-refractivity contribution in [3.63, 3.8) is 0 Å². The Morgan fingerprint density at radius 3 is 1.30 bits per heavy atom. The monoisotopic (exact) mass is 899 g/mol. The maximum atomic E-state index is 5.21. The molecule has 0 spiro atoms. The quantitative estimate of drug-likeness (QED) is 0.129. The second-order valence-electron chi connectivity index (χ2n) is 18.3. The molecule has 10 aromatic carbocycles. The molecule has 1 aromatic heterocycles. The number of hydrogen-bond donors (Lipinski definition) is 0. The first-order valence-corrected chi connectivity index (χ1v) is 23.9. The number of anilines is 9. The number of nitrogens with zero attached hydrogens (tertiary/aromatic N) is 5. The van der Waals surface area contributed by atoms with Gasteiger partial charge in [0.25, 0.3) is 0 Å². The molecule has 12 rings (SSSR count). The summed E-state index contributed by atoms with van der Waals surface area (Å²) in [5, 5.41) is 1.03. The van der Waals surface area contributed by atoms with Gasteiger partial charge in [-0.3, -0.25) is 0 Å². The van der Waals surface area contributed by atoms with Gasteiger partial charge in [0.15, 0.2) is 5.82 Å². The average molecular weight is 900 g/mol. The molecule has 0 unspecified atom stereocenters. The summed E-state index contributed by atoms with van der Waals surface area (Å²) in [6.07, 6.45) is 0. The molecule has 334 valence electrons. The van der Waals surface area contributed by atoms with Crippen LogP contribution in [0, 0.1) is 0 Å². The average Bonchev–Trinajstić information content (AvgIpc) is 3.65. The molecule has 0 radical (unpaired) electrons. The van der Waals surface area contributed by atoms with Crippen LogP contribution in [-0.4, -0.2) is 9.97 Å². The van der Waals surface area contributed by atoms with Crippen LogP contribution in [0.2, 0.25) is 0 Å². The lowest BCUT2D eigenvalue weighted by molar-refractivity contribution is 0.660. The standard InChI is InChI=1S/C65H49N5/c1-65(2)58-43-54(68(48-25-11-4-12-26-48)49-27-13-5-14-28-49)41-42-56(58)62-59(65)44-55(45-61(62)70(51-31-17-7-18-32-51)52-33-19-8-20-34-52)69(50-29-15-6-16-30-50)53-39-37-47(38-40-53)64-66-60-36-22-21-35-57(60)63(67-64)46-23-9-3-10-24-46/h3-45H,1-2H3. The lowest BCUT2D eigenvalue weighted by Crippen LogP contribution is -2.19. The van der Waals surface area contributed by atoms with Gasteiger partial charge >= 0.3 is 0 Å². The molecule has 11 aromatic rings. The fourth-order valence-electron chi connectivity index (χ4n) is 10.2. The van der Waals surface area contributed by atoms with Crippen LogP contribution in [0.25, 0.3) is 44.7 Å². The van der Waals surface area contributed by atoms with Crippen LogP contribution < -0.4 is 14.7 Å². The first-order chi connectivity index (χ1) is 34.5. The summed E-state index contributed by atoms with van der Waals surface area (Å²) in [7, 11) is 0. The van der Waals surface area contributed by atoms with E-state index in [1.54, 1.807) is 0 Å². The minimum Gasteiger partial charge on any atom is -0.310 e. The zero-order valence-electron chi connectivity index (χ0n) is 39.1. The molecule has 1 aliphatic rings. The van der Waals surface area contributed by atoms with Crippen LogP contribution in [0.4, 0.5) is 51.2 Å². The summed E-state index contributed by atoms with van der Waals surface area (Å²) in [6, 6.07) is 92.8. The molecule has 70 heavy (non-hydrogen) atoms. The Balaban J connectivity index is 1.05. The summed E-state index contributed by atoms with van der Waals surface area (Å²) in [5.74, 6) is 0.688. The van der Waals surface area contributed by atoms with Crippen molar-refractivity contribution in [1.82, 2.24) is 9.97 Å². The van der Waals surface area contributed by atoms with Gasteiger partial charge in [0.05, 0.1) is 16.9 Å². The molecule has 1 aliphatic carbocycles. The minimum atomic E-state index is -0.389. The fourth-order valence-corrected chi connectivity index (χ4v) is 10.2. The lowest BCUT2D eigenvalue weighted by atomic mass is 9.81. The highest BCUT2D eigenvalue weighted by atomic mass is 15.2. The Hall–Kier alpha value is -9.06. The van der Waals surface area contributed by atoms with Crippen LogP contribution in [0.3, 0.4) is 0 Å². The summed E-state index contributed by atoms with van der Waals surface area (Å²) < 4.78 is 0. The summed E-state index contributed by atoms with van der Waals surface area (Å²) in [4.78, 5) is 17.5. The third-order valence-corrected chi connectivity index (χ3v) is 13.6. The lowest BCUT2D eigenvalue weighted by Gasteiger charge is -2.32. The van der Waals surface area contributed by atoms with E-state index in [1.807, 2.05) is 12.1 Å². The Morgan fingerprint density at radius 1 is 0.329 bits per heavy atom. The van der Waals surface area contributed by atoms with Crippen molar-refractivity contribution in [1.29, 1.82) is 0 Å². The number of benzene rings is 10. The van der Waals surface area contributed by atoms with Gasteiger partial charge < -0.3 is 14.7 Å². The highest BCUT2D eigenvalue weighted by Gasteiger charge is 2.40. The van der Waals surface area contributed by atoms with Crippen molar-refractivity contribution in [2.75, 3.05) is 14.7 Å². The van der Waals surface area contributed by atoms with Crippen molar-refractivity contribution in [3.8, 4) is 33.8 Å². The molecule has 5 nitrogen and oxygen atoms in total. The Kier molecular flexibility index (Phi) is 10.8. The molecule has 0 saturated heterocycles. The first kappa shape index (κ1) is 42.3. The third kappa shape index (κ3) is 7.64. The van der Waals surface area contributed by atoms with E-state index in [1.165, 1.54) is 22.3 Å². The van der Waals surface area contributed by atoms with E-state index in [9.17, 15) is 0 Å². The van der Waals surface area contributed by atoms with Gasteiger partial charge in [0.1, 0.15) is 0 Å². The topological polar surface area (TPSA) is 35.5 Å². The van der Waals surface area contributed by atoms with Gasteiger partial charge in [-0.15, -0.1) is 0 Å². The summed E-state index contributed by atoms with van der Waals surface area (Å²) in [6.45, 7) is 4.77. The number of para-hydroxylation sites is 6. The molecule has 5 heteroatoms. The van der Waals surface area contributed by atoms with E-state index in [0.29, 0.717) is 5.82 Å². The van der Waals surface area contributed by atoms with Crippen molar-refractivity contribution >= 4 is 62.1 Å². The van der Waals surface area contributed by atoms with Gasteiger partial charge in [-0.1, -0.05) is 159 Å². The number of rotatable bonds is 11. The van der Waals surface area contributed by atoms with Crippen molar-refractivity contribution < 1.29 is 0 Å². The van der Waals surface area contributed by atoms with E-state index in [4.69, 9.17) is 9.97 Å². The van der Waals surface area contributed by atoms with E-state index in [-0.39, 0.29) is 5.41 Å². The zero-order valence-corrected chi connectivity index (χ0v) is 39.1. The number of fused-ring (bicyclic) bond motifs is 4. The number of hydrogen-bond acceptors (Lipinski definition) is 5. The molecule has 0 atom stereocenters. The van der Waals surface area contributed by atoms with Gasteiger partial charge in [-0.25, -0.2) is 9.97 Å². The van der Waals surface area contributed by atoms with Crippen molar-refractivity contribution in [2.45, 2.75) is 19.3 Å². The maximum Gasteiger partial charge on any atom is 0.160 e. The Bertz CT molecular complexity index is 3520.